The largest absolute Gasteiger partial charge is 0.449 e. The van der Waals surface area contributed by atoms with E-state index in [1.165, 1.54) is 25.3 Å². The molecule has 3 aromatic rings. The molecule has 0 fully saturated rings. The number of para-hydroxylation sites is 1. The van der Waals surface area contributed by atoms with Crippen molar-refractivity contribution in [3.05, 3.63) is 65.9 Å². The van der Waals surface area contributed by atoms with Gasteiger partial charge in [-0.3, -0.25) is 4.79 Å². The van der Waals surface area contributed by atoms with Gasteiger partial charge < -0.3 is 15.0 Å². The first-order valence-corrected chi connectivity index (χ1v) is 8.01. The zero-order chi connectivity index (χ0) is 19.6. The first-order valence-electron chi connectivity index (χ1n) is 8.01. The van der Waals surface area contributed by atoms with Gasteiger partial charge in [0.15, 0.2) is 6.10 Å². The number of H-pyrrole nitrogens is 1. The maximum absolute atomic E-state index is 12.7. The average Bonchev–Trinajstić information content (AvgIpc) is 3.05. The molecule has 0 saturated carbocycles. The van der Waals surface area contributed by atoms with Crippen LogP contribution in [0.5, 0.6) is 0 Å². The maximum Gasteiger partial charge on any atom is 0.416 e. The number of hydrogen-bond donors (Lipinski definition) is 2. The van der Waals surface area contributed by atoms with E-state index in [1.54, 1.807) is 24.3 Å². The summed E-state index contributed by atoms with van der Waals surface area (Å²) in [6.07, 6.45) is -4.24. The molecule has 140 valence electrons. The third kappa shape index (κ3) is 4.11. The fourth-order valence-electron chi connectivity index (χ4n) is 2.54. The Morgan fingerprint density at radius 1 is 1.11 bits per heavy atom. The quantitative estimate of drug-likeness (QED) is 0.664. The van der Waals surface area contributed by atoms with Crippen molar-refractivity contribution in [1.29, 1.82) is 0 Å². The van der Waals surface area contributed by atoms with Crippen molar-refractivity contribution in [2.45, 2.75) is 19.2 Å². The molecule has 0 bridgehead atoms. The topological polar surface area (TPSA) is 71.2 Å². The summed E-state index contributed by atoms with van der Waals surface area (Å²) in [6, 6.07) is 11.3. The third-order valence-corrected chi connectivity index (χ3v) is 3.92. The monoisotopic (exact) mass is 376 g/mol. The molecule has 5 nitrogen and oxygen atoms in total. The van der Waals surface area contributed by atoms with Gasteiger partial charge in [0.2, 0.25) is 0 Å². The maximum atomic E-state index is 12.7. The predicted octanol–water partition coefficient (Wildman–Crippen LogP) is 4.37. The van der Waals surface area contributed by atoms with E-state index >= 15 is 0 Å². The Bertz CT molecular complexity index is 995. The Morgan fingerprint density at radius 2 is 1.85 bits per heavy atom. The van der Waals surface area contributed by atoms with E-state index in [-0.39, 0.29) is 11.3 Å². The number of alkyl halides is 3. The lowest BCUT2D eigenvalue weighted by molar-refractivity contribution is -0.137. The molecule has 0 radical (unpaired) electrons. The van der Waals surface area contributed by atoms with Gasteiger partial charge in [0.1, 0.15) is 0 Å². The summed E-state index contributed by atoms with van der Waals surface area (Å²) in [6.45, 7) is 1.34. The number of anilines is 1. The molecule has 3 rings (SSSR count). The molecule has 1 aromatic heterocycles. The number of esters is 1. The van der Waals surface area contributed by atoms with Gasteiger partial charge >= 0.3 is 12.1 Å². The average molecular weight is 376 g/mol. The molecule has 1 atom stereocenters. The fraction of sp³-hybridized carbons (Fsp3) is 0.158. The van der Waals surface area contributed by atoms with E-state index < -0.39 is 29.7 Å². The molecule has 8 heteroatoms. The highest BCUT2D eigenvalue weighted by Crippen LogP contribution is 2.30. The molecule has 0 spiro atoms. The summed E-state index contributed by atoms with van der Waals surface area (Å²) in [5, 5.41) is 2.96. The summed E-state index contributed by atoms with van der Waals surface area (Å²) < 4.78 is 43.3. The van der Waals surface area contributed by atoms with Crippen LogP contribution in [-0.2, 0) is 15.7 Å². The molecule has 2 N–H and O–H groups in total. The number of aromatic nitrogens is 1. The molecule has 2 aromatic carbocycles. The van der Waals surface area contributed by atoms with Gasteiger partial charge in [-0.25, -0.2) is 4.79 Å². The van der Waals surface area contributed by atoms with Crippen LogP contribution in [-0.4, -0.2) is 23.0 Å². The molecular formula is C19H15F3N2O3. The number of ether oxygens (including phenoxy) is 1. The SMILES string of the molecule is C[C@@H](OC(=O)c1c[nH]c2ccccc12)C(=O)Nc1cccc(C(F)(F)F)c1. The number of rotatable bonds is 4. The minimum atomic E-state index is -4.52. The highest BCUT2D eigenvalue weighted by molar-refractivity contribution is 6.05. The van der Waals surface area contributed by atoms with Crippen LogP contribution in [0.1, 0.15) is 22.8 Å². The molecule has 27 heavy (non-hydrogen) atoms. The summed E-state index contributed by atoms with van der Waals surface area (Å²) >= 11 is 0. The van der Waals surface area contributed by atoms with Crippen molar-refractivity contribution in [2.24, 2.45) is 0 Å². The zero-order valence-corrected chi connectivity index (χ0v) is 14.1. The van der Waals surface area contributed by atoms with Crippen molar-refractivity contribution < 1.29 is 27.5 Å². The number of benzene rings is 2. The van der Waals surface area contributed by atoms with Crippen LogP contribution >= 0.6 is 0 Å². The number of amides is 1. The molecule has 0 aliphatic carbocycles. The summed E-state index contributed by atoms with van der Waals surface area (Å²) in [4.78, 5) is 27.4. The molecule has 0 aliphatic rings. The van der Waals surface area contributed by atoms with E-state index in [1.807, 2.05) is 0 Å². The lowest BCUT2D eigenvalue weighted by Crippen LogP contribution is -2.30. The van der Waals surface area contributed by atoms with Crippen LogP contribution in [0.15, 0.2) is 54.7 Å². The van der Waals surface area contributed by atoms with Crippen LogP contribution in [0.2, 0.25) is 0 Å². The minimum Gasteiger partial charge on any atom is -0.449 e. The second-order valence-corrected chi connectivity index (χ2v) is 5.86. The zero-order valence-electron chi connectivity index (χ0n) is 14.1. The van der Waals surface area contributed by atoms with Gasteiger partial charge in [-0.1, -0.05) is 24.3 Å². The Kier molecular flexibility index (Phi) is 4.89. The van der Waals surface area contributed by atoms with Crippen LogP contribution in [0, 0.1) is 0 Å². The standard InChI is InChI=1S/C19H15F3N2O3/c1-11(17(25)24-13-6-4-5-12(9-13)19(20,21)22)27-18(26)15-10-23-16-8-3-2-7-14(15)16/h2-11,23H,1H3,(H,24,25)/t11-/m1/s1. The number of aromatic amines is 1. The lowest BCUT2D eigenvalue weighted by Gasteiger charge is -2.14. The van der Waals surface area contributed by atoms with Crippen LogP contribution < -0.4 is 5.32 Å². The van der Waals surface area contributed by atoms with E-state index in [4.69, 9.17) is 4.74 Å². The Balaban J connectivity index is 1.68. The van der Waals surface area contributed by atoms with Gasteiger partial charge in [0.25, 0.3) is 5.91 Å². The van der Waals surface area contributed by atoms with Crippen molar-refractivity contribution >= 4 is 28.5 Å². The van der Waals surface area contributed by atoms with Crippen molar-refractivity contribution in [1.82, 2.24) is 4.98 Å². The predicted molar refractivity (Wildman–Crippen MR) is 93.2 cm³/mol. The lowest BCUT2D eigenvalue weighted by atomic mass is 10.2. The number of halogens is 3. The van der Waals surface area contributed by atoms with E-state index in [0.29, 0.717) is 5.39 Å². The smallest absolute Gasteiger partial charge is 0.416 e. The van der Waals surface area contributed by atoms with Gasteiger partial charge in [0, 0.05) is 22.8 Å². The Hall–Kier alpha value is -3.29. The van der Waals surface area contributed by atoms with Crippen LogP contribution in [0.4, 0.5) is 18.9 Å². The number of carbonyl (C=O) groups is 2. The first kappa shape index (κ1) is 18.5. The first-order chi connectivity index (χ1) is 12.8. The number of nitrogens with one attached hydrogen (secondary N) is 2. The summed E-state index contributed by atoms with van der Waals surface area (Å²) in [7, 11) is 0. The van der Waals surface area contributed by atoms with Crippen molar-refractivity contribution in [2.75, 3.05) is 5.32 Å². The molecule has 1 amide bonds. The Labute approximate surface area is 152 Å². The highest BCUT2D eigenvalue weighted by atomic mass is 19.4. The Morgan fingerprint density at radius 3 is 2.59 bits per heavy atom. The van der Waals surface area contributed by atoms with E-state index in [9.17, 15) is 22.8 Å². The summed E-state index contributed by atoms with van der Waals surface area (Å²) in [5.74, 6) is -1.44. The minimum absolute atomic E-state index is 0.0372. The molecule has 0 aliphatic heterocycles. The van der Waals surface area contributed by atoms with Gasteiger partial charge in [-0.2, -0.15) is 13.2 Å². The highest BCUT2D eigenvalue weighted by Gasteiger charge is 2.30. The van der Waals surface area contributed by atoms with Gasteiger partial charge in [-0.05, 0) is 31.2 Å². The second kappa shape index (κ2) is 7.14. The third-order valence-electron chi connectivity index (χ3n) is 3.92. The van der Waals surface area contributed by atoms with Crippen molar-refractivity contribution in [3.63, 3.8) is 0 Å². The van der Waals surface area contributed by atoms with Crippen LogP contribution in [0.3, 0.4) is 0 Å². The van der Waals surface area contributed by atoms with Gasteiger partial charge in [-0.15, -0.1) is 0 Å². The molecule has 0 unspecified atom stereocenters. The second-order valence-electron chi connectivity index (χ2n) is 5.86. The number of fused-ring (bicyclic) bond motifs is 1. The van der Waals surface area contributed by atoms with E-state index in [2.05, 4.69) is 10.3 Å². The molecular weight excluding hydrogens is 361 g/mol. The summed E-state index contributed by atoms with van der Waals surface area (Å²) in [5.41, 5.74) is 0.0865. The fourth-order valence-corrected chi connectivity index (χ4v) is 2.54. The van der Waals surface area contributed by atoms with Crippen LogP contribution in [0.25, 0.3) is 10.9 Å². The molecule has 1 heterocycles. The van der Waals surface area contributed by atoms with Gasteiger partial charge in [0.05, 0.1) is 11.1 Å². The normalized spacial score (nSPS) is 12.6. The number of hydrogen-bond acceptors (Lipinski definition) is 3. The number of carbonyl (C=O) groups excluding carboxylic acids is 2. The van der Waals surface area contributed by atoms with Crippen molar-refractivity contribution in [3.8, 4) is 0 Å². The van der Waals surface area contributed by atoms with E-state index in [0.717, 1.165) is 17.6 Å². The molecule has 0 saturated heterocycles.